The Morgan fingerprint density at radius 1 is 1.43 bits per heavy atom. The second-order valence-corrected chi connectivity index (χ2v) is 5.58. The Morgan fingerprint density at radius 3 is 2.93 bits per heavy atom. The SMILES string of the molecule is CNOCC12CCCN1CC(C)(C)C2. The summed E-state index contributed by atoms with van der Waals surface area (Å²) >= 11 is 0. The summed E-state index contributed by atoms with van der Waals surface area (Å²) in [4.78, 5) is 8.05. The molecule has 82 valence electrons. The monoisotopic (exact) mass is 198 g/mol. The Balaban J connectivity index is 2.07. The van der Waals surface area contributed by atoms with Gasteiger partial charge in [0.2, 0.25) is 0 Å². The summed E-state index contributed by atoms with van der Waals surface area (Å²) in [6.45, 7) is 8.07. The number of fused-ring (bicyclic) bond motifs is 1. The summed E-state index contributed by atoms with van der Waals surface area (Å²) in [5, 5.41) is 0. The van der Waals surface area contributed by atoms with Crippen LogP contribution in [0.15, 0.2) is 0 Å². The number of hydrogen-bond donors (Lipinski definition) is 1. The number of nitrogens with zero attached hydrogens (tertiary/aromatic N) is 1. The van der Waals surface area contributed by atoms with Crippen LogP contribution in [0.5, 0.6) is 0 Å². The zero-order valence-corrected chi connectivity index (χ0v) is 9.60. The van der Waals surface area contributed by atoms with Gasteiger partial charge in [-0.3, -0.25) is 4.90 Å². The highest BCUT2D eigenvalue weighted by Gasteiger charge is 2.51. The van der Waals surface area contributed by atoms with Crippen LogP contribution in [-0.4, -0.2) is 37.2 Å². The Kier molecular flexibility index (Phi) is 2.58. The number of rotatable bonds is 3. The molecule has 2 aliphatic heterocycles. The third-order valence-electron chi connectivity index (χ3n) is 3.65. The van der Waals surface area contributed by atoms with Crippen molar-refractivity contribution in [1.82, 2.24) is 10.4 Å². The van der Waals surface area contributed by atoms with Crippen LogP contribution in [0.2, 0.25) is 0 Å². The first-order chi connectivity index (χ1) is 6.58. The topological polar surface area (TPSA) is 24.5 Å². The van der Waals surface area contributed by atoms with Crippen molar-refractivity contribution in [1.29, 1.82) is 0 Å². The number of hydroxylamine groups is 1. The fourth-order valence-corrected chi connectivity index (χ4v) is 3.33. The second kappa shape index (κ2) is 3.47. The van der Waals surface area contributed by atoms with Gasteiger partial charge in [0.05, 0.1) is 6.61 Å². The normalized spacial score (nSPS) is 36.2. The molecule has 2 heterocycles. The van der Waals surface area contributed by atoms with E-state index in [4.69, 9.17) is 4.84 Å². The maximum atomic E-state index is 5.42. The molecule has 2 aliphatic rings. The summed E-state index contributed by atoms with van der Waals surface area (Å²) in [5.74, 6) is 0. The molecular formula is C11H22N2O. The van der Waals surface area contributed by atoms with E-state index in [1.807, 2.05) is 7.05 Å². The summed E-state index contributed by atoms with van der Waals surface area (Å²) < 4.78 is 0. The maximum Gasteiger partial charge on any atom is 0.0866 e. The van der Waals surface area contributed by atoms with Gasteiger partial charge in [0, 0.05) is 19.1 Å². The molecular weight excluding hydrogens is 176 g/mol. The van der Waals surface area contributed by atoms with Crippen molar-refractivity contribution in [3.63, 3.8) is 0 Å². The molecule has 2 fully saturated rings. The summed E-state index contributed by atoms with van der Waals surface area (Å²) in [6.07, 6.45) is 3.92. The van der Waals surface area contributed by atoms with Crippen LogP contribution in [0.4, 0.5) is 0 Å². The first kappa shape index (κ1) is 10.4. The minimum atomic E-state index is 0.340. The van der Waals surface area contributed by atoms with Crippen molar-refractivity contribution in [2.45, 2.75) is 38.6 Å². The van der Waals surface area contributed by atoms with Crippen LogP contribution in [-0.2, 0) is 4.84 Å². The third kappa shape index (κ3) is 1.69. The zero-order chi connectivity index (χ0) is 10.2. The molecule has 0 bridgehead atoms. The molecule has 0 aliphatic carbocycles. The van der Waals surface area contributed by atoms with Crippen molar-refractivity contribution in [3.8, 4) is 0 Å². The lowest BCUT2D eigenvalue weighted by molar-refractivity contribution is -0.0127. The van der Waals surface area contributed by atoms with Crippen LogP contribution in [0.3, 0.4) is 0 Å². The van der Waals surface area contributed by atoms with E-state index < -0.39 is 0 Å². The molecule has 0 aromatic heterocycles. The lowest BCUT2D eigenvalue weighted by Gasteiger charge is -2.31. The van der Waals surface area contributed by atoms with E-state index >= 15 is 0 Å². The van der Waals surface area contributed by atoms with E-state index in [1.165, 1.54) is 32.4 Å². The minimum Gasteiger partial charge on any atom is -0.300 e. The van der Waals surface area contributed by atoms with Gasteiger partial charge in [-0.2, -0.15) is 0 Å². The molecule has 1 atom stereocenters. The van der Waals surface area contributed by atoms with Gasteiger partial charge in [-0.05, 0) is 31.2 Å². The fraction of sp³-hybridized carbons (Fsp3) is 1.00. The highest BCUT2D eigenvalue weighted by molar-refractivity contribution is 5.06. The molecule has 0 spiro atoms. The van der Waals surface area contributed by atoms with Gasteiger partial charge in [-0.15, -0.1) is 0 Å². The lowest BCUT2D eigenvalue weighted by atomic mass is 9.83. The molecule has 1 unspecified atom stereocenters. The lowest BCUT2D eigenvalue weighted by Crippen LogP contribution is -2.43. The number of hydrogen-bond acceptors (Lipinski definition) is 3. The number of nitrogens with one attached hydrogen (secondary N) is 1. The highest BCUT2D eigenvalue weighted by atomic mass is 16.6. The first-order valence-electron chi connectivity index (χ1n) is 5.62. The first-order valence-corrected chi connectivity index (χ1v) is 5.62. The zero-order valence-electron chi connectivity index (χ0n) is 9.60. The van der Waals surface area contributed by atoms with Crippen molar-refractivity contribution in [3.05, 3.63) is 0 Å². The van der Waals surface area contributed by atoms with Gasteiger partial charge >= 0.3 is 0 Å². The quantitative estimate of drug-likeness (QED) is 0.694. The van der Waals surface area contributed by atoms with E-state index in [0.717, 1.165) is 6.61 Å². The minimum absolute atomic E-state index is 0.340. The molecule has 0 aromatic rings. The van der Waals surface area contributed by atoms with E-state index in [0.29, 0.717) is 11.0 Å². The summed E-state index contributed by atoms with van der Waals surface area (Å²) in [7, 11) is 1.84. The Hall–Kier alpha value is -0.120. The Bertz CT molecular complexity index is 217. The van der Waals surface area contributed by atoms with E-state index in [-0.39, 0.29) is 0 Å². The third-order valence-corrected chi connectivity index (χ3v) is 3.65. The second-order valence-electron chi connectivity index (χ2n) is 5.58. The largest absolute Gasteiger partial charge is 0.300 e. The Labute approximate surface area is 86.8 Å². The van der Waals surface area contributed by atoms with E-state index in [9.17, 15) is 0 Å². The van der Waals surface area contributed by atoms with Gasteiger partial charge < -0.3 is 4.84 Å². The van der Waals surface area contributed by atoms with E-state index in [1.54, 1.807) is 0 Å². The van der Waals surface area contributed by atoms with Crippen molar-refractivity contribution in [2.24, 2.45) is 5.41 Å². The molecule has 0 amide bonds. The molecule has 2 rings (SSSR count). The van der Waals surface area contributed by atoms with Gasteiger partial charge in [-0.1, -0.05) is 13.8 Å². The highest BCUT2D eigenvalue weighted by Crippen LogP contribution is 2.47. The fourth-order valence-electron chi connectivity index (χ4n) is 3.33. The molecule has 1 N–H and O–H groups in total. The average Bonchev–Trinajstić information content (AvgIpc) is 2.53. The smallest absolute Gasteiger partial charge is 0.0866 e. The predicted molar refractivity (Wildman–Crippen MR) is 56.9 cm³/mol. The molecule has 0 aromatic carbocycles. The average molecular weight is 198 g/mol. The molecule has 0 saturated carbocycles. The molecule has 2 saturated heterocycles. The van der Waals surface area contributed by atoms with Crippen LogP contribution in [0, 0.1) is 5.41 Å². The Morgan fingerprint density at radius 2 is 2.21 bits per heavy atom. The van der Waals surface area contributed by atoms with Crippen molar-refractivity contribution in [2.75, 3.05) is 26.7 Å². The van der Waals surface area contributed by atoms with Gasteiger partial charge in [0.15, 0.2) is 0 Å². The molecule has 0 radical (unpaired) electrons. The predicted octanol–water partition coefficient (Wildman–Crippen LogP) is 1.40. The summed E-state index contributed by atoms with van der Waals surface area (Å²) in [6, 6.07) is 0. The van der Waals surface area contributed by atoms with E-state index in [2.05, 4.69) is 24.2 Å². The molecule has 3 heteroatoms. The standard InChI is InChI=1S/C11H22N2O/c1-10(2)7-11(9-14-12-3)5-4-6-13(11)8-10/h12H,4-9H2,1-3H3. The molecule has 3 nitrogen and oxygen atoms in total. The van der Waals surface area contributed by atoms with Gasteiger partial charge in [0.1, 0.15) is 0 Å². The molecule has 14 heavy (non-hydrogen) atoms. The van der Waals surface area contributed by atoms with Crippen LogP contribution < -0.4 is 5.48 Å². The van der Waals surface area contributed by atoms with Crippen molar-refractivity contribution >= 4 is 0 Å². The van der Waals surface area contributed by atoms with Crippen molar-refractivity contribution < 1.29 is 4.84 Å². The van der Waals surface area contributed by atoms with Crippen LogP contribution in [0.1, 0.15) is 33.1 Å². The van der Waals surface area contributed by atoms with Gasteiger partial charge in [0.25, 0.3) is 0 Å². The van der Waals surface area contributed by atoms with Crippen LogP contribution >= 0.6 is 0 Å². The van der Waals surface area contributed by atoms with Gasteiger partial charge in [-0.25, -0.2) is 5.48 Å². The maximum absolute atomic E-state index is 5.42. The van der Waals surface area contributed by atoms with Crippen LogP contribution in [0.25, 0.3) is 0 Å². The summed E-state index contributed by atoms with van der Waals surface area (Å²) in [5.41, 5.74) is 3.61.